The zero-order valence-electron chi connectivity index (χ0n) is 16.7. The quantitative estimate of drug-likeness (QED) is 0.707. The van der Waals surface area contributed by atoms with Crippen LogP contribution in [0.3, 0.4) is 0 Å². The Morgan fingerprint density at radius 3 is 2.23 bits per heavy atom. The van der Waals surface area contributed by atoms with Crippen molar-refractivity contribution < 1.29 is 14.3 Å². The van der Waals surface area contributed by atoms with Crippen LogP contribution >= 0.6 is 0 Å². The van der Waals surface area contributed by atoms with E-state index in [0.29, 0.717) is 6.54 Å². The fourth-order valence-electron chi connectivity index (χ4n) is 2.69. The molecule has 2 amide bonds. The summed E-state index contributed by atoms with van der Waals surface area (Å²) >= 11 is 0. The maximum absolute atomic E-state index is 12.1. The van der Waals surface area contributed by atoms with Gasteiger partial charge in [-0.2, -0.15) is 0 Å². The van der Waals surface area contributed by atoms with Crippen LogP contribution in [0.2, 0.25) is 0 Å². The van der Waals surface area contributed by atoms with Gasteiger partial charge >= 0.3 is 6.09 Å². The molecule has 6 heteroatoms. The first-order valence-corrected chi connectivity index (χ1v) is 9.29. The standard InChI is InChI=1S/C20H33N3O3/c1-6-23(7-2)17(16-11-9-8-10-12-16)15-22-18(24)13-14-21-19(25)26-20(3,4)5/h8-12,17H,6-7,13-15H2,1-5H3,(H,21,25)(H,22,24). The van der Waals surface area contributed by atoms with Gasteiger partial charge in [-0.25, -0.2) is 4.79 Å². The van der Waals surface area contributed by atoms with E-state index in [2.05, 4.69) is 41.5 Å². The fraction of sp³-hybridized carbons (Fsp3) is 0.600. The van der Waals surface area contributed by atoms with E-state index < -0.39 is 11.7 Å². The van der Waals surface area contributed by atoms with Gasteiger partial charge in [0.1, 0.15) is 5.60 Å². The molecule has 1 atom stereocenters. The van der Waals surface area contributed by atoms with Gasteiger partial charge in [-0.15, -0.1) is 0 Å². The average Bonchev–Trinajstić information content (AvgIpc) is 2.57. The van der Waals surface area contributed by atoms with E-state index in [0.717, 1.165) is 13.1 Å². The van der Waals surface area contributed by atoms with Crippen LogP contribution in [0.4, 0.5) is 4.79 Å². The van der Waals surface area contributed by atoms with Gasteiger partial charge < -0.3 is 15.4 Å². The largest absolute Gasteiger partial charge is 0.444 e. The van der Waals surface area contributed by atoms with E-state index in [-0.39, 0.29) is 24.9 Å². The van der Waals surface area contributed by atoms with Crippen molar-refractivity contribution in [2.75, 3.05) is 26.2 Å². The van der Waals surface area contributed by atoms with E-state index >= 15 is 0 Å². The SMILES string of the molecule is CCN(CC)C(CNC(=O)CCNC(=O)OC(C)(C)C)c1ccccc1. The second kappa shape index (κ2) is 10.8. The molecule has 0 aliphatic carbocycles. The molecule has 0 heterocycles. The van der Waals surface area contributed by atoms with Crippen molar-refractivity contribution in [2.45, 2.75) is 52.7 Å². The smallest absolute Gasteiger partial charge is 0.407 e. The number of hydrogen-bond acceptors (Lipinski definition) is 4. The van der Waals surface area contributed by atoms with Gasteiger partial charge in [-0.05, 0) is 39.4 Å². The Kier molecular flexibility index (Phi) is 9.13. The maximum atomic E-state index is 12.1. The molecule has 2 N–H and O–H groups in total. The first-order valence-electron chi connectivity index (χ1n) is 9.29. The lowest BCUT2D eigenvalue weighted by Crippen LogP contribution is -2.39. The van der Waals surface area contributed by atoms with Crippen LogP contribution in [-0.4, -0.2) is 48.7 Å². The molecule has 0 fully saturated rings. The summed E-state index contributed by atoms with van der Waals surface area (Å²) in [5, 5.41) is 5.58. The summed E-state index contributed by atoms with van der Waals surface area (Å²) in [6, 6.07) is 10.3. The Morgan fingerprint density at radius 2 is 1.69 bits per heavy atom. The van der Waals surface area contributed by atoms with Crippen LogP contribution in [0, 0.1) is 0 Å². The number of benzene rings is 1. The van der Waals surface area contributed by atoms with Crippen molar-refractivity contribution in [2.24, 2.45) is 0 Å². The van der Waals surface area contributed by atoms with Gasteiger partial charge in [0.25, 0.3) is 0 Å². The number of likely N-dealkylation sites (N-methyl/N-ethyl adjacent to an activating group) is 1. The molecular weight excluding hydrogens is 330 g/mol. The maximum Gasteiger partial charge on any atom is 0.407 e. The lowest BCUT2D eigenvalue weighted by Gasteiger charge is -2.30. The van der Waals surface area contributed by atoms with Crippen molar-refractivity contribution in [3.8, 4) is 0 Å². The highest BCUT2D eigenvalue weighted by molar-refractivity contribution is 5.77. The highest BCUT2D eigenvalue weighted by Gasteiger charge is 2.19. The third-order valence-electron chi connectivity index (χ3n) is 3.95. The summed E-state index contributed by atoms with van der Waals surface area (Å²) in [6.07, 6.45) is -0.283. The summed E-state index contributed by atoms with van der Waals surface area (Å²) in [6.45, 7) is 12.2. The van der Waals surface area contributed by atoms with Crippen molar-refractivity contribution >= 4 is 12.0 Å². The summed E-state index contributed by atoms with van der Waals surface area (Å²) in [5.41, 5.74) is 0.641. The molecule has 0 aliphatic rings. The lowest BCUT2D eigenvalue weighted by molar-refractivity contribution is -0.121. The summed E-state index contributed by atoms with van der Waals surface area (Å²) < 4.78 is 5.15. The van der Waals surface area contributed by atoms with E-state index in [4.69, 9.17) is 4.74 Å². The minimum Gasteiger partial charge on any atom is -0.444 e. The Balaban J connectivity index is 2.48. The third kappa shape index (κ3) is 8.34. The van der Waals surface area contributed by atoms with Gasteiger partial charge in [-0.1, -0.05) is 44.2 Å². The Morgan fingerprint density at radius 1 is 1.08 bits per heavy atom. The second-order valence-corrected chi connectivity index (χ2v) is 7.13. The predicted octanol–water partition coefficient (Wildman–Crippen LogP) is 3.10. The number of nitrogens with zero attached hydrogens (tertiary/aromatic N) is 1. The zero-order valence-corrected chi connectivity index (χ0v) is 16.7. The number of amides is 2. The fourth-order valence-corrected chi connectivity index (χ4v) is 2.69. The summed E-state index contributed by atoms with van der Waals surface area (Å²) in [4.78, 5) is 26.0. The number of rotatable bonds is 9. The number of ether oxygens (including phenoxy) is 1. The van der Waals surface area contributed by atoms with Crippen LogP contribution in [-0.2, 0) is 9.53 Å². The first kappa shape index (κ1) is 22.0. The number of hydrogen-bond donors (Lipinski definition) is 2. The Labute approximate surface area is 157 Å². The normalized spacial score (nSPS) is 12.5. The Hall–Kier alpha value is -2.08. The summed E-state index contributed by atoms with van der Waals surface area (Å²) in [7, 11) is 0. The molecule has 0 saturated carbocycles. The molecule has 1 unspecified atom stereocenters. The molecule has 0 aliphatic heterocycles. The van der Waals surface area contributed by atoms with Crippen LogP contribution in [0.5, 0.6) is 0 Å². The van der Waals surface area contributed by atoms with Gasteiger partial charge in [0.05, 0.1) is 6.04 Å². The molecule has 1 rings (SSSR count). The number of nitrogens with one attached hydrogen (secondary N) is 2. The molecule has 6 nitrogen and oxygen atoms in total. The van der Waals surface area contributed by atoms with Crippen molar-refractivity contribution in [1.29, 1.82) is 0 Å². The molecule has 26 heavy (non-hydrogen) atoms. The van der Waals surface area contributed by atoms with Gasteiger partial charge in [0.15, 0.2) is 0 Å². The highest BCUT2D eigenvalue weighted by atomic mass is 16.6. The van der Waals surface area contributed by atoms with Crippen LogP contribution in [0.15, 0.2) is 30.3 Å². The molecular formula is C20H33N3O3. The van der Waals surface area contributed by atoms with Crippen LogP contribution in [0.1, 0.15) is 52.6 Å². The minimum atomic E-state index is -0.543. The monoisotopic (exact) mass is 363 g/mol. The third-order valence-corrected chi connectivity index (χ3v) is 3.95. The molecule has 146 valence electrons. The number of alkyl carbamates (subject to hydrolysis) is 1. The topological polar surface area (TPSA) is 70.7 Å². The summed E-state index contributed by atoms with van der Waals surface area (Å²) in [5.74, 6) is -0.0888. The molecule has 1 aromatic rings. The lowest BCUT2D eigenvalue weighted by atomic mass is 10.1. The van der Waals surface area contributed by atoms with Crippen molar-refractivity contribution in [3.63, 3.8) is 0 Å². The zero-order chi connectivity index (χ0) is 19.6. The molecule has 0 bridgehead atoms. The van der Waals surface area contributed by atoms with E-state index in [1.54, 1.807) is 20.8 Å². The van der Waals surface area contributed by atoms with Crippen LogP contribution in [0.25, 0.3) is 0 Å². The first-order chi connectivity index (χ1) is 12.3. The highest BCUT2D eigenvalue weighted by Crippen LogP contribution is 2.19. The molecule has 0 saturated heterocycles. The average molecular weight is 364 g/mol. The molecule has 0 radical (unpaired) electrons. The van der Waals surface area contributed by atoms with E-state index in [1.165, 1.54) is 5.56 Å². The second-order valence-electron chi connectivity index (χ2n) is 7.13. The number of carbonyl (C=O) groups is 2. The van der Waals surface area contributed by atoms with Gasteiger partial charge in [0.2, 0.25) is 5.91 Å². The van der Waals surface area contributed by atoms with Gasteiger partial charge in [0, 0.05) is 19.5 Å². The van der Waals surface area contributed by atoms with Gasteiger partial charge in [-0.3, -0.25) is 9.69 Å². The van der Waals surface area contributed by atoms with E-state index in [9.17, 15) is 9.59 Å². The molecule has 0 aromatic heterocycles. The minimum absolute atomic E-state index is 0.0888. The predicted molar refractivity (Wildman–Crippen MR) is 104 cm³/mol. The number of carbonyl (C=O) groups excluding carboxylic acids is 2. The van der Waals surface area contributed by atoms with Crippen LogP contribution < -0.4 is 10.6 Å². The van der Waals surface area contributed by atoms with Crippen molar-refractivity contribution in [1.82, 2.24) is 15.5 Å². The molecule has 0 spiro atoms. The Bertz CT molecular complexity index is 551. The van der Waals surface area contributed by atoms with E-state index in [1.807, 2.05) is 18.2 Å². The van der Waals surface area contributed by atoms with Crippen molar-refractivity contribution in [3.05, 3.63) is 35.9 Å². The molecule has 1 aromatic carbocycles.